The largest absolute Gasteiger partial charge is 0.299 e. The summed E-state index contributed by atoms with van der Waals surface area (Å²) in [6.07, 6.45) is 14.1. The third-order valence-corrected chi connectivity index (χ3v) is 3.95. The third-order valence-electron chi connectivity index (χ3n) is 3.95. The SMILES string of the molecule is CC(=O)C1CC/C=C\C(C)C(C)/C=C\C/C=C\1C. The first kappa shape index (κ1) is 14.9. The van der Waals surface area contributed by atoms with E-state index in [1.165, 1.54) is 5.57 Å². The van der Waals surface area contributed by atoms with Crippen molar-refractivity contribution in [1.29, 1.82) is 0 Å². The van der Waals surface area contributed by atoms with Crippen LogP contribution in [0.2, 0.25) is 0 Å². The summed E-state index contributed by atoms with van der Waals surface area (Å²) in [6, 6.07) is 0. The Morgan fingerprint density at radius 1 is 1.17 bits per heavy atom. The van der Waals surface area contributed by atoms with E-state index in [1.807, 2.05) is 0 Å². The number of Topliss-reactive ketones (excluding diaryl/α,β-unsaturated/α-hetero) is 1. The first-order valence-electron chi connectivity index (χ1n) is 7.02. The Hall–Kier alpha value is -1.11. The van der Waals surface area contributed by atoms with Crippen LogP contribution in [0.25, 0.3) is 0 Å². The fourth-order valence-corrected chi connectivity index (χ4v) is 2.37. The molecular formula is C17H26O. The van der Waals surface area contributed by atoms with E-state index >= 15 is 0 Å². The molecule has 1 aliphatic rings. The van der Waals surface area contributed by atoms with E-state index in [2.05, 4.69) is 51.2 Å². The number of carbonyl (C=O) groups excluding carboxylic acids is 1. The molecule has 0 aromatic rings. The molecule has 0 spiro atoms. The van der Waals surface area contributed by atoms with E-state index in [0.717, 1.165) is 19.3 Å². The average Bonchev–Trinajstić information content (AvgIpc) is 2.31. The molecule has 3 atom stereocenters. The van der Waals surface area contributed by atoms with Gasteiger partial charge in [0.05, 0.1) is 0 Å². The predicted molar refractivity (Wildman–Crippen MR) is 78.4 cm³/mol. The number of allylic oxidation sites excluding steroid dienone is 6. The first-order valence-corrected chi connectivity index (χ1v) is 7.02. The molecule has 18 heavy (non-hydrogen) atoms. The Morgan fingerprint density at radius 2 is 1.78 bits per heavy atom. The molecule has 0 bridgehead atoms. The van der Waals surface area contributed by atoms with Crippen LogP contribution in [0.15, 0.2) is 36.0 Å². The fraction of sp³-hybridized carbons (Fsp3) is 0.588. The molecule has 0 N–H and O–H groups in total. The summed E-state index contributed by atoms with van der Waals surface area (Å²) in [6.45, 7) is 8.30. The van der Waals surface area contributed by atoms with Crippen LogP contribution in [-0.4, -0.2) is 5.78 Å². The quantitative estimate of drug-likeness (QED) is 0.613. The van der Waals surface area contributed by atoms with Crippen LogP contribution in [0.4, 0.5) is 0 Å². The molecule has 1 heteroatoms. The summed E-state index contributed by atoms with van der Waals surface area (Å²) < 4.78 is 0. The van der Waals surface area contributed by atoms with Gasteiger partial charge in [0.15, 0.2) is 0 Å². The molecular weight excluding hydrogens is 220 g/mol. The lowest BCUT2D eigenvalue weighted by atomic mass is 9.89. The lowest BCUT2D eigenvalue weighted by Crippen LogP contribution is -2.12. The van der Waals surface area contributed by atoms with Crippen LogP contribution >= 0.6 is 0 Å². The summed E-state index contributed by atoms with van der Waals surface area (Å²) in [4.78, 5) is 11.7. The minimum Gasteiger partial charge on any atom is -0.299 e. The van der Waals surface area contributed by atoms with Gasteiger partial charge in [0.25, 0.3) is 0 Å². The number of hydrogen-bond acceptors (Lipinski definition) is 1. The minimum absolute atomic E-state index is 0.107. The highest BCUT2D eigenvalue weighted by molar-refractivity contribution is 5.81. The van der Waals surface area contributed by atoms with Crippen molar-refractivity contribution in [2.45, 2.75) is 47.0 Å². The van der Waals surface area contributed by atoms with Crippen molar-refractivity contribution < 1.29 is 4.79 Å². The zero-order chi connectivity index (χ0) is 13.5. The Bertz CT molecular complexity index is 360. The predicted octanol–water partition coefficient (Wildman–Crippen LogP) is 4.71. The molecule has 3 unspecified atom stereocenters. The molecule has 0 aromatic heterocycles. The monoisotopic (exact) mass is 246 g/mol. The summed E-state index contributed by atoms with van der Waals surface area (Å²) in [7, 11) is 0. The van der Waals surface area contributed by atoms with E-state index in [4.69, 9.17) is 0 Å². The Balaban J connectivity index is 2.85. The number of carbonyl (C=O) groups is 1. The van der Waals surface area contributed by atoms with Gasteiger partial charge >= 0.3 is 0 Å². The molecule has 0 saturated carbocycles. The summed E-state index contributed by atoms with van der Waals surface area (Å²) >= 11 is 0. The van der Waals surface area contributed by atoms with Crippen molar-refractivity contribution in [3.05, 3.63) is 36.0 Å². The summed E-state index contributed by atoms with van der Waals surface area (Å²) in [5, 5.41) is 0. The molecule has 0 aromatic carbocycles. The van der Waals surface area contributed by atoms with Gasteiger partial charge in [-0.25, -0.2) is 0 Å². The maximum absolute atomic E-state index is 11.7. The van der Waals surface area contributed by atoms with Crippen LogP contribution in [0.1, 0.15) is 47.0 Å². The van der Waals surface area contributed by atoms with Gasteiger partial charge in [-0.15, -0.1) is 0 Å². The van der Waals surface area contributed by atoms with Crippen molar-refractivity contribution in [2.75, 3.05) is 0 Å². The highest BCUT2D eigenvalue weighted by Crippen LogP contribution is 2.21. The first-order chi connectivity index (χ1) is 8.52. The van der Waals surface area contributed by atoms with Crippen LogP contribution in [-0.2, 0) is 4.79 Å². The van der Waals surface area contributed by atoms with Gasteiger partial charge in [-0.1, -0.05) is 49.8 Å². The summed E-state index contributed by atoms with van der Waals surface area (Å²) in [5.74, 6) is 1.55. The lowest BCUT2D eigenvalue weighted by molar-refractivity contribution is -0.119. The fourth-order valence-electron chi connectivity index (χ4n) is 2.37. The normalized spacial score (nSPS) is 36.7. The van der Waals surface area contributed by atoms with Crippen LogP contribution in [0.3, 0.4) is 0 Å². The third kappa shape index (κ3) is 4.64. The zero-order valence-corrected chi connectivity index (χ0v) is 12.1. The van der Waals surface area contributed by atoms with Gasteiger partial charge in [-0.05, 0) is 44.9 Å². The Kier molecular flexibility index (Phi) is 6.11. The molecule has 1 nitrogen and oxygen atoms in total. The molecule has 0 amide bonds. The van der Waals surface area contributed by atoms with Gasteiger partial charge in [-0.3, -0.25) is 4.79 Å². The van der Waals surface area contributed by atoms with E-state index in [9.17, 15) is 4.79 Å². The highest BCUT2D eigenvalue weighted by Gasteiger charge is 2.15. The highest BCUT2D eigenvalue weighted by atomic mass is 16.1. The smallest absolute Gasteiger partial charge is 0.136 e. The number of hydrogen-bond donors (Lipinski definition) is 0. The van der Waals surface area contributed by atoms with Gasteiger partial charge in [0.1, 0.15) is 5.78 Å². The van der Waals surface area contributed by atoms with Crippen molar-refractivity contribution >= 4 is 5.78 Å². The van der Waals surface area contributed by atoms with Crippen molar-refractivity contribution in [3.63, 3.8) is 0 Å². The average molecular weight is 246 g/mol. The molecule has 1 aliphatic carbocycles. The van der Waals surface area contributed by atoms with Gasteiger partial charge in [0, 0.05) is 5.92 Å². The molecule has 0 saturated heterocycles. The number of rotatable bonds is 1. The van der Waals surface area contributed by atoms with E-state index in [0.29, 0.717) is 17.6 Å². The van der Waals surface area contributed by atoms with Crippen molar-refractivity contribution in [1.82, 2.24) is 0 Å². The Morgan fingerprint density at radius 3 is 2.39 bits per heavy atom. The molecule has 0 aliphatic heterocycles. The zero-order valence-electron chi connectivity index (χ0n) is 12.1. The molecule has 0 radical (unpaired) electrons. The molecule has 1 rings (SSSR count). The Labute approximate surface area is 112 Å². The maximum Gasteiger partial charge on any atom is 0.136 e. The topological polar surface area (TPSA) is 17.1 Å². The summed E-state index contributed by atoms with van der Waals surface area (Å²) in [5.41, 5.74) is 1.22. The number of ketones is 1. The van der Waals surface area contributed by atoms with E-state index in [1.54, 1.807) is 6.92 Å². The molecule has 0 fully saturated rings. The second-order valence-electron chi connectivity index (χ2n) is 5.50. The molecule has 100 valence electrons. The second kappa shape index (κ2) is 7.35. The van der Waals surface area contributed by atoms with Gasteiger partial charge in [0.2, 0.25) is 0 Å². The van der Waals surface area contributed by atoms with E-state index in [-0.39, 0.29) is 5.92 Å². The lowest BCUT2D eigenvalue weighted by Gasteiger charge is -2.16. The van der Waals surface area contributed by atoms with Crippen LogP contribution in [0.5, 0.6) is 0 Å². The maximum atomic E-state index is 11.7. The van der Waals surface area contributed by atoms with Crippen LogP contribution < -0.4 is 0 Å². The van der Waals surface area contributed by atoms with Gasteiger partial charge in [-0.2, -0.15) is 0 Å². The van der Waals surface area contributed by atoms with Crippen molar-refractivity contribution in [3.8, 4) is 0 Å². The molecule has 0 heterocycles. The van der Waals surface area contributed by atoms with Crippen molar-refractivity contribution in [2.24, 2.45) is 17.8 Å². The second-order valence-corrected chi connectivity index (χ2v) is 5.50. The van der Waals surface area contributed by atoms with Crippen LogP contribution in [0, 0.1) is 17.8 Å². The minimum atomic E-state index is 0.107. The standard InChI is InChI=1S/C17H26O/c1-13-9-5-6-11-15(3)17(16(4)18)12-8-7-10-14(13)2/h5,7,9-11,13-14,17H,6,8,12H2,1-4H3/b9-5-,10-7-,15-11-. The van der Waals surface area contributed by atoms with Gasteiger partial charge < -0.3 is 0 Å². The van der Waals surface area contributed by atoms with E-state index < -0.39 is 0 Å².